The predicted octanol–water partition coefficient (Wildman–Crippen LogP) is 6.43. The quantitative estimate of drug-likeness (QED) is 0.447. The summed E-state index contributed by atoms with van der Waals surface area (Å²) in [5, 5.41) is 2.25. The predicted molar refractivity (Wildman–Crippen MR) is 115 cm³/mol. The Morgan fingerprint density at radius 1 is 0.808 bits per heavy atom. The maximum absolute atomic E-state index is 5.64. The second kappa shape index (κ2) is 8.18. The van der Waals surface area contributed by atoms with E-state index in [-0.39, 0.29) is 0 Å². The van der Waals surface area contributed by atoms with Crippen molar-refractivity contribution in [3.8, 4) is 23.0 Å². The van der Waals surface area contributed by atoms with Gasteiger partial charge in [-0.2, -0.15) is 0 Å². The van der Waals surface area contributed by atoms with Gasteiger partial charge in [-0.15, -0.1) is 5.54 Å². The minimum absolute atomic E-state index is 0.607. The Bertz CT molecular complexity index is 803. The maximum Gasteiger partial charge on any atom is 0.146 e. The molecule has 0 saturated heterocycles. The number of methoxy groups -OCH3 is 2. The number of hydrogen-bond donors (Lipinski definition) is 0. The zero-order chi connectivity index (χ0) is 19.5. The molecule has 0 spiro atoms. The summed E-state index contributed by atoms with van der Waals surface area (Å²) >= 11 is 0. The van der Waals surface area contributed by atoms with Crippen molar-refractivity contribution in [1.82, 2.24) is 0 Å². The summed E-state index contributed by atoms with van der Waals surface area (Å²) in [4.78, 5) is 0. The second-order valence-electron chi connectivity index (χ2n) is 7.88. The molecule has 0 atom stereocenters. The van der Waals surface area contributed by atoms with Crippen LogP contribution in [0.25, 0.3) is 10.8 Å². The molecule has 0 aliphatic heterocycles. The van der Waals surface area contributed by atoms with Crippen LogP contribution in [0.2, 0.25) is 16.6 Å². The number of benzene rings is 2. The molecule has 0 bridgehead atoms. The van der Waals surface area contributed by atoms with Gasteiger partial charge in [0.2, 0.25) is 0 Å². The van der Waals surface area contributed by atoms with Crippen LogP contribution >= 0.6 is 0 Å². The molecule has 2 aromatic rings. The van der Waals surface area contributed by atoms with Gasteiger partial charge in [0, 0.05) is 5.39 Å². The lowest BCUT2D eigenvalue weighted by Crippen LogP contribution is -2.43. The Balaban J connectivity index is 2.72. The number of ether oxygens (including phenoxy) is 2. The molecule has 26 heavy (non-hydrogen) atoms. The molecule has 0 amide bonds. The zero-order valence-corrected chi connectivity index (χ0v) is 18.4. The van der Waals surface area contributed by atoms with E-state index in [2.05, 4.69) is 71.2 Å². The Hall–Kier alpha value is -1.92. The smallest absolute Gasteiger partial charge is 0.146 e. The number of fused-ring (bicyclic) bond motifs is 1. The van der Waals surface area contributed by atoms with E-state index in [9.17, 15) is 0 Å². The van der Waals surface area contributed by atoms with Gasteiger partial charge < -0.3 is 9.47 Å². The van der Waals surface area contributed by atoms with E-state index in [1.165, 1.54) is 0 Å². The van der Waals surface area contributed by atoms with Gasteiger partial charge in [-0.05, 0) is 46.3 Å². The molecule has 0 saturated carbocycles. The van der Waals surface area contributed by atoms with E-state index < -0.39 is 8.07 Å². The van der Waals surface area contributed by atoms with Gasteiger partial charge in [0.15, 0.2) is 0 Å². The molecule has 2 nitrogen and oxygen atoms in total. The van der Waals surface area contributed by atoms with Gasteiger partial charge in [-0.3, -0.25) is 0 Å². The molecular formula is C23H32O2Si. The molecule has 0 aliphatic carbocycles. The van der Waals surface area contributed by atoms with Crippen LogP contribution in [0, 0.1) is 11.5 Å². The number of hydrogen-bond acceptors (Lipinski definition) is 2. The summed E-state index contributed by atoms with van der Waals surface area (Å²) in [5.41, 5.74) is 6.64. The Kier molecular flexibility index (Phi) is 6.42. The van der Waals surface area contributed by atoms with Gasteiger partial charge in [0.1, 0.15) is 19.6 Å². The fourth-order valence-electron chi connectivity index (χ4n) is 4.32. The zero-order valence-electron chi connectivity index (χ0n) is 17.4. The van der Waals surface area contributed by atoms with Crippen LogP contribution in [0.4, 0.5) is 0 Å². The molecule has 0 unspecified atom stereocenters. The SMILES string of the molecule is COc1ccc2c(C#C[Si](C(C)C)(C(C)C)C(C)C)c(OC)ccc2c1. The van der Waals surface area contributed by atoms with Crippen LogP contribution in [0.3, 0.4) is 0 Å². The van der Waals surface area contributed by atoms with Crippen LogP contribution < -0.4 is 9.47 Å². The third-order valence-corrected chi connectivity index (χ3v) is 12.0. The molecule has 2 aromatic carbocycles. The van der Waals surface area contributed by atoms with Crippen molar-refractivity contribution in [2.24, 2.45) is 0 Å². The summed E-state index contributed by atoms with van der Waals surface area (Å²) in [6, 6.07) is 10.2. The van der Waals surface area contributed by atoms with Gasteiger partial charge in [-0.1, -0.05) is 53.5 Å². The highest BCUT2D eigenvalue weighted by Gasteiger charge is 2.41. The van der Waals surface area contributed by atoms with E-state index >= 15 is 0 Å². The summed E-state index contributed by atoms with van der Waals surface area (Å²) in [6.07, 6.45) is 0. The molecule has 0 aromatic heterocycles. The molecule has 0 fully saturated rings. The van der Waals surface area contributed by atoms with E-state index in [1.54, 1.807) is 14.2 Å². The Morgan fingerprint density at radius 2 is 1.42 bits per heavy atom. The van der Waals surface area contributed by atoms with Crippen LogP contribution in [-0.2, 0) is 0 Å². The van der Waals surface area contributed by atoms with E-state index in [0.29, 0.717) is 16.6 Å². The molecule has 0 heterocycles. The first-order valence-corrected chi connectivity index (χ1v) is 11.7. The van der Waals surface area contributed by atoms with Crippen molar-refractivity contribution >= 4 is 18.8 Å². The van der Waals surface area contributed by atoms with Gasteiger partial charge in [-0.25, -0.2) is 0 Å². The first-order chi connectivity index (χ1) is 12.3. The van der Waals surface area contributed by atoms with Crippen molar-refractivity contribution in [3.05, 3.63) is 35.9 Å². The summed E-state index contributed by atoms with van der Waals surface area (Å²) in [7, 11) is 1.62. The van der Waals surface area contributed by atoms with Crippen molar-refractivity contribution in [3.63, 3.8) is 0 Å². The van der Waals surface area contributed by atoms with Crippen molar-refractivity contribution < 1.29 is 9.47 Å². The summed E-state index contributed by atoms with van der Waals surface area (Å²) < 4.78 is 11.0. The average Bonchev–Trinajstić information content (AvgIpc) is 2.60. The lowest BCUT2D eigenvalue weighted by molar-refractivity contribution is 0.413. The van der Waals surface area contributed by atoms with Crippen LogP contribution in [-0.4, -0.2) is 22.3 Å². The summed E-state index contributed by atoms with van der Waals surface area (Å²) in [6.45, 7) is 14.0. The topological polar surface area (TPSA) is 18.5 Å². The number of rotatable bonds is 5. The minimum atomic E-state index is -1.79. The van der Waals surface area contributed by atoms with Crippen molar-refractivity contribution in [1.29, 1.82) is 0 Å². The maximum atomic E-state index is 5.64. The highest BCUT2D eigenvalue weighted by atomic mass is 28.3. The van der Waals surface area contributed by atoms with Gasteiger partial charge >= 0.3 is 0 Å². The van der Waals surface area contributed by atoms with Crippen molar-refractivity contribution in [2.45, 2.75) is 58.2 Å². The third-order valence-electron chi connectivity index (χ3n) is 5.68. The van der Waals surface area contributed by atoms with Crippen LogP contribution in [0.5, 0.6) is 11.5 Å². The second-order valence-corrected chi connectivity index (χ2v) is 13.5. The monoisotopic (exact) mass is 368 g/mol. The first-order valence-electron chi connectivity index (χ1n) is 9.45. The minimum Gasteiger partial charge on any atom is -0.497 e. The van der Waals surface area contributed by atoms with Crippen molar-refractivity contribution in [2.75, 3.05) is 14.2 Å². The van der Waals surface area contributed by atoms with E-state index in [1.807, 2.05) is 12.1 Å². The van der Waals surface area contributed by atoms with E-state index in [0.717, 1.165) is 27.8 Å². The Labute approximate surface area is 159 Å². The van der Waals surface area contributed by atoms with E-state index in [4.69, 9.17) is 9.47 Å². The standard InChI is InChI=1S/C23H32O2Si/c1-16(2)26(17(3)4,18(5)6)14-13-22-21-11-10-20(24-7)15-19(21)9-12-23(22)25-8/h9-12,15-18H,1-8H3. The van der Waals surface area contributed by atoms with Crippen LogP contribution in [0.15, 0.2) is 30.3 Å². The molecule has 0 radical (unpaired) electrons. The lowest BCUT2D eigenvalue weighted by Gasteiger charge is -2.38. The molecular weight excluding hydrogens is 336 g/mol. The molecule has 0 N–H and O–H groups in total. The highest BCUT2D eigenvalue weighted by Crippen LogP contribution is 2.41. The molecule has 140 valence electrons. The largest absolute Gasteiger partial charge is 0.497 e. The highest BCUT2D eigenvalue weighted by molar-refractivity contribution is 6.90. The molecule has 3 heteroatoms. The molecule has 2 rings (SSSR count). The first kappa shape index (κ1) is 20.4. The molecule has 0 aliphatic rings. The fourth-order valence-corrected chi connectivity index (χ4v) is 9.53. The Morgan fingerprint density at radius 3 is 1.92 bits per heavy atom. The van der Waals surface area contributed by atoms with Gasteiger partial charge in [0.25, 0.3) is 0 Å². The summed E-state index contributed by atoms with van der Waals surface area (Å²) in [5.74, 6) is 5.28. The fraction of sp³-hybridized carbons (Fsp3) is 0.478. The normalized spacial score (nSPS) is 11.8. The third kappa shape index (κ3) is 3.62. The van der Waals surface area contributed by atoms with Crippen LogP contribution in [0.1, 0.15) is 47.1 Å². The lowest BCUT2D eigenvalue weighted by atomic mass is 10.0. The van der Waals surface area contributed by atoms with Gasteiger partial charge in [0.05, 0.1) is 19.8 Å². The average molecular weight is 369 g/mol.